The Labute approximate surface area is 151 Å². The molecule has 6 bridgehead atoms. The first kappa shape index (κ1) is 16.9. The Hall–Kier alpha value is -1.22. The zero-order valence-corrected chi connectivity index (χ0v) is 15.2. The van der Waals surface area contributed by atoms with Crippen LogP contribution in [0.3, 0.4) is 0 Å². The minimum atomic E-state index is -0.450. The molecule has 0 saturated carbocycles. The fraction of sp³-hybridized carbons (Fsp3) is 0.889. The molecule has 0 radical (unpaired) electrons. The van der Waals surface area contributed by atoms with Gasteiger partial charge in [0.25, 0.3) is 0 Å². The molecular formula is C18H24O8. The molecule has 8 nitrogen and oxygen atoms in total. The second-order valence-corrected chi connectivity index (χ2v) is 8.29. The van der Waals surface area contributed by atoms with Gasteiger partial charge in [-0.3, -0.25) is 0 Å². The highest BCUT2D eigenvalue weighted by Crippen LogP contribution is 2.46. The number of ether oxygens (including phenoxy) is 6. The molecule has 0 aromatic rings. The maximum atomic E-state index is 11.3. The number of carbonyl (C=O) groups excluding carboxylic acids is 2. The van der Waals surface area contributed by atoms with Crippen LogP contribution in [0.15, 0.2) is 0 Å². The highest BCUT2D eigenvalue weighted by molar-refractivity contribution is 5.77. The molecule has 6 fully saturated rings. The SMILES string of the molecule is C[C@@H]1[C@@H]2O[C@@H]3OC(=O)[C@H]1O[C@@H]3[C@H]2C.C[C@@H]1[C@@H]2O[C@H]3OC(=O)[C@H](O[C@H]31)[C@H]2C. The van der Waals surface area contributed by atoms with Crippen molar-refractivity contribution in [3.05, 3.63) is 0 Å². The average Bonchev–Trinajstić information content (AvgIpc) is 2.87. The fourth-order valence-electron chi connectivity index (χ4n) is 5.19. The van der Waals surface area contributed by atoms with E-state index in [4.69, 9.17) is 28.4 Å². The van der Waals surface area contributed by atoms with Crippen LogP contribution >= 0.6 is 0 Å². The molecule has 0 spiro atoms. The van der Waals surface area contributed by atoms with E-state index in [2.05, 4.69) is 13.8 Å². The summed E-state index contributed by atoms with van der Waals surface area (Å²) >= 11 is 0. The van der Waals surface area contributed by atoms with E-state index in [-0.39, 0.29) is 48.2 Å². The van der Waals surface area contributed by atoms with E-state index in [0.717, 1.165) is 0 Å². The van der Waals surface area contributed by atoms with Gasteiger partial charge in [-0.1, -0.05) is 27.7 Å². The highest BCUT2D eigenvalue weighted by atomic mass is 16.8. The summed E-state index contributed by atoms with van der Waals surface area (Å²) in [7, 11) is 0. The lowest BCUT2D eigenvalue weighted by molar-refractivity contribution is -0.226. The predicted octanol–water partition coefficient (Wildman–Crippen LogP) is 0.615. The van der Waals surface area contributed by atoms with E-state index in [9.17, 15) is 9.59 Å². The van der Waals surface area contributed by atoms with E-state index in [1.165, 1.54) is 0 Å². The largest absolute Gasteiger partial charge is 0.431 e. The van der Waals surface area contributed by atoms with E-state index in [1.807, 2.05) is 13.8 Å². The second-order valence-electron chi connectivity index (χ2n) is 8.29. The first-order valence-electron chi connectivity index (χ1n) is 9.39. The van der Waals surface area contributed by atoms with Crippen LogP contribution in [0.2, 0.25) is 0 Å². The molecule has 0 aliphatic carbocycles. The Morgan fingerprint density at radius 3 is 1.31 bits per heavy atom. The molecule has 0 aromatic carbocycles. The van der Waals surface area contributed by atoms with Gasteiger partial charge in [0.2, 0.25) is 12.6 Å². The maximum Gasteiger partial charge on any atom is 0.338 e. The molecule has 6 aliphatic heterocycles. The standard InChI is InChI=1S/2C9H12O4/c2*1-3-5-4(2)7-9(12-5)13-8(10)6(3)11-7/h2*3-7,9H,1-2H3/t2*3-,4+,5+,6+,7-,9-/m10/s1. The lowest BCUT2D eigenvalue weighted by Crippen LogP contribution is -2.53. The van der Waals surface area contributed by atoms with Crippen LogP contribution in [-0.4, -0.2) is 61.1 Å². The van der Waals surface area contributed by atoms with Crippen molar-refractivity contribution in [3.63, 3.8) is 0 Å². The molecule has 0 unspecified atom stereocenters. The lowest BCUT2D eigenvalue weighted by Gasteiger charge is -2.38. The summed E-state index contributed by atoms with van der Waals surface area (Å²) in [5.41, 5.74) is 0. The van der Waals surface area contributed by atoms with Crippen LogP contribution < -0.4 is 0 Å². The summed E-state index contributed by atoms with van der Waals surface area (Å²) in [6.07, 6.45) is -1.52. The molecule has 6 aliphatic rings. The molecule has 0 amide bonds. The van der Waals surface area contributed by atoms with Crippen molar-refractivity contribution in [1.82, 2.24) is 0 Å². The Morgan fingerprint density at radius 1 is 0.538 bits per heavy atom. The van der Waals surface area contributed by atoms with Crippen molar-refractivity contribution in [1.29, 1.82) is 0 Å². The Kier molecular flexibility index (Phi) is 3.67. The normalized spacial score (nSPS) is 58.2. The smallest absolute Gasteiger partial charge is 0.338 e. The molecule has 8 heteroatoms. The summed E-state index contributed by atoms with van der Waals surface area (Å²) in [6.45, 7) is 8.14. The zero-order valence-electron chi connectivity index (χ0n) is 15.2. The Bertz CT molecular complexity index is 583. The van der Waals surface area contributed by atoms with Gasteiger partial charge < -0.3 is 28.4 Å². The number of fused-ring (bicyclic) bond motifs is 4. The molecule has 144 valence electrons. The quantitative estimate of drug-likeness (QED) is 0.575. The third-order valence-corrected chi connectivity index (χ3v) is 6.72. The first-order valence-corrected chi connectivity index (χ1v) is 9.39. The monoisotopic (exact) mass is 368 g/mol. The molecule has 6 heterocycles. The first-order chi connectivity index (χ1) is 12.4. The third kappa shape index (κ3) is 2.16. The van der Waals surface area contributed by atoms with Gasteiger partial charge in [0.05, 0.1) is 12.2 Å². The van der Waals surface area contributed by atoms with Crippen LogP contribution in [0.25, 0.3) is 0 Å². The van der Waals surface area contributed by atoms with Crippen LogP contribution in [-0.2, 0) is 38.0 Å². The van der Waals surface area contributed by atoms with E-state index in [0.29, 0.717) is 11.8 Å². The summed E-state index contributed by atoms with van der Waals surface area (Å²) in [5, 5.41) is 0. The van der Waals surface area contributed by atoms with E-state index in [1.54, 1.807) is 0 Å². The van der Waals surface area contributed by atoms with Crippen LogP contribution in [0.4, 0.5) is 0 Å². The molecule has 6 saturated heterocycles. The average molecular weight is 368 g/mol. The second kappa shape index (κ2) is 5.64. The highest BCUT2D eigenvalue weighted by Gasteiger charge is 2.60. The lowest BCUT2D eigenvalue weighted by atomic mass is 9.84. The number of hydrogen-bond acceptors (Lipinski definition) is 8. The van der Waals surface area contributed by atoms with Gasteiger partial charge in [-0.15, -0.1) is 0 Å². The van der Waals surface area contributed by atoms with E-state index >= 15 is 0 Å². The predicted molar refractivity (Wildman–Crippen MR) is 83.5 cm³/mol. The van der Waals surface area contributed by atoms with Crippen molar-refractivity contribution in [2.45, 2.75) is 76.9 Å². The number of rotatable bonds is 0. The third-order valence-electron chi connectivity index (χ3n) is 6.72. The van der Waals surface area contributed by atoms with Gasteiger partial charge in [-0.2, -0.15) is 0 Å². The van der Waals surface area contributed by atoms with Crippen molar-refractivity contribution < 1.29 is 38.0 Å². The Balaban J connectivity index is 0.000000115. The van der Waals surface area contributed by atoms with Gasteiger partial charge in [0.15, 0.2) is 12.2 Å². The fourth-order valence-corrected chi connectivity index (χ4v) is 5.19. The molecule has 12 atom stereocenters. The van der Waals surface area contributed by atoms with Crippen molar-refractivity contribution in [3.8, 4) is 0 Å². The van der Waals surface area contributed by atoms with Crippen LogP contribution in [0, 0.1) is 23.7 Å². The van der Waals surface area contributed by atoms with Gasteiger partial charge in [-0.25, -0.2) is 9.59 Å². The molecule has 6 rings (SSSR count). The van der Waals surface area contributed by atoms with Crippen LogP contribution in [0.1, 0.15) is 27.7 Å². The number of hydrogen-bond donors (Lipinski definition) is 0. The van der Waals surface area contributed by atoms with Gasteiger partial charge in [0.1, 0.15) is 12.2 Å². The van der Waals surface area contributed by atoms with Gasteiger partial charge in [0, 0.05) is 23.7 Å². The molecule has 0 aromatic heterocycles. The van der Waals surface area contributed by atoms with Gasteiger partial charge >= 0.3 is 11.9 Å². The zero-order chi connectivity index (χ0) is 18.3. The number of carbonyl (C=O) groups is 2. The van der Waals surface area contributed by atoms with Crippen LogP contribution in [0.5, 0.6) is 0 Å². The number of esters is 2. The van der Waals surface area contributed by atoms with Gasteiger partial charge in [-0.05, 0) is 0 Å². The van der Waals surface area contributed by atoms with E-state index < -0.39 is 24.8 Å². The van der Waals surface area contributed by atoms with Crippen molar-refractivity contribution >= 4 is 11.9 Å². The molecule has 0 N–H and O–H groups in total. The minimum Gasteiger partial charge on any atom is -0.431 e. The summed E-state index contributed by atoms with van der Waals surface area (Å²) in [5.74, 6) is 0.387. The summed E-state index contributed by atoms with van der Waals surface area (Å²) < 4.78 is 32.7. The molecule has 26 heavy (non-hydrogen) atoms. The minimum absolute atomic E-state index is 0.0381. The topological polar surface area (TPSA) is 89.5 Å². The summed E-state index contributed by atoms with van der Waals surface area (Å²) in [6, 6.07) is 0. The van der Waals surface area contributed by atoms with Crippen molar-refractivity contribution in [2.75, 3.05) is 0 Å². The summed E-state index contributed by atoms with van der Waals surface area (Å²) in [4.78, 5) is 22.7. The maximum absolute atomic E-state index is 11.3. The Morgan fingerprint density at radius 2 is 0.923 bits per heavy atom. The van der Waals surface area contributed by atoms with Crippen molar-refractivity contribution in [2.24, 2.45) is 23.7 Å². The molecular weight excluding hydrogens is 344 g/mol.